The number of para-hydroxylation sites is 1. The van der Waals surface area contributed by atoms with Gasteiger partial charge in [0.2, 0.25) is 0 Å². The van der Waals surface area contributed by atoms with E-state index in [-0.39, 0.29) is 0 Å². The van der Waals surface area contributed by atoms with E-state index in [0.717, 1.165) is 0 Å². The van der Waals surface area contributed by atoms with E-state index in [4.69, 9.17) is 0 Å². The third kappa shape index (κ3) is 3.09. The number of rotatable bonds is 2. The Labute approximate surface area is 269 Å². The molecule has 0 saturated heterocycles. The predicted octanol–water partition coefficient (Wildman–Crippen LogP) is 12.8. The number of nitrogens with zero attached hydrogens (tertiary/aromatic N) is 1. The van der Waals surface area contributed by atoms with Crippen molar-refractivity contribution < 1.29 is 0 Å². The van der Waals surface area contributed by atoms with Crippen LogP contribution in [0.25, 0.3) is 103 Å². The van der Waals surface area contributed by atoms with Gasteiger partial charge in [-0.05, 0) is 73.8 Å². The Kier molecular flexibility index (Phi) is 4.78. The third-order valence-electron chi connectivity index (χ3n) is 10.1. The largest absolute Gasteiger partial charge is 0.309 e. The van der Waals surface area contributed by atoms with Crippen LogP contribution in [-0.2, 0) is 0 Å². The predicted molar refractivity (Wildman–Crippen MR) is 199 cm³/mol. The summed E-state index contributed by atoms with van der Waals surface area (Å²) >= 11 is 1.91. The first kappa shape index (κ1) is 24.6. The van der Waals surface area contributed by atoms with Gasteiger partial charge in [-0.15, -0.1) is 11.3 Å². The van der Waals surface area contributed by atoms with Crippen LogP contribution in [0, 0.1) is 0 Å². The van der Waals surface area contributed by atoms with E-state index in [1.165, 1.54) is 103 Å². The number of thiophene rings is 1. The quantitative estimate of drug-likeness (QED) is 0.186. The molecular formula is C44H25NS. The Balaban J connectivity index is 1.19. The highest BCUT2D eigenvalue weighted by molar-refractivity contribution is 7.27. The van der Waals surface area contributed by atoms with E-state index >= 15 is 0 Å². The average Bonchev–Trinajstić information content (AvgIpc) is 3.78. The van der Waals surface area contributed by atoms with Crippen molar-refractivity contribution in [3.8, 4) is 39.1 Å². The highest BCUT2D eigenvalue weighted by Crippen LogP contribution is 2.50. The normalized spacial score (nSPS) is 12.3. The van der Waals surface area contributed by atoms with Crippen LogP contribution in [0.2, 0.25) is 0 Å². The van der Waals surface area contributed by atoms with Crippen molar-refractivity contribution in [2.24, 2.45) is 0 Å². The van der Waals surface area contributed by atoms with Gasteiger partial charge in [-0.1, -0.05) is 127 Å². The van der Waals surface area contributed by atoms with Crippen LogP contribution in [0.3, 0.4) is 0 Å². The van der Waals surface area contributed by atoms with Gasteiger partial charge in [0.15, 0.2) is 0 Å². The SMILES string of the molecule is c1ccc2c(c1)-c1cccc3c(-c4ccc(-n5c6ccccc6c6c7ccccc7c7sc8ccccc8c7c65)cc4)ccc-2c13. The van der Waals surface area contributed by atoms with E-state index < -0.39 is 0 Å². The first-order chi connectivity index (χ1) is 22.8. The van der Waals surface area contributed by atoms with E-state index in [0.29, 0.717) is 0 Å². The standard InChI is InChI=1S/C44H25NS/c1-2-11-30-29(10-1)32-17-9-16-31-28(24-25-34(30)40(31)32)26-20-22-27(23-21-26)45-38-18-7-5-14-36(38)41-33-12-3-4-13-35(33)44-42(43(41)45)37-15-6-8-19-39(37)46-44/h1-25H. The molecule has 0 spiro atoms. The minimum Gasteiger partial charge on any atom is -0.309 e. The Bertz CT molecular complexity index is 2870. The zero-order valence-corrected chi connectivity index (χ0v) is 25.6. The fraction of sp³-hybridized carbons (Fsp3) is 0. The molecule has 0 amide bonds. The van der Waals surface area contributed by atoms with Crippen LogP contribution in [0.5, 0.6) is 0 Å². The fourth-order valence-electron chi connectivity index (χ4n) is 8.24. The topological polar surface area (TPSA) is 4.93 Å². The molecule has 0 aliphatic heterocycles. The van der Waals surface area contributed by atoms with Gasteiger partial charge in [-0.2, -0.15) is 0 Å². The summed E-state index contributed by atoms with van der Waals surface area (Å²) in [5.41, 5.74) is 11.6. The fourth-order valence-corrected chi connectivity index (χ4v) is 9.48. The van der Waals surface area contributed by atoms with Gasteiger partial charge in [0, 0.05) is 42.0 Å². The number of hydrogen-bond donors (Lipinski definition) is 0. The lowest BCUT2D eigenvalue weighted by Crippen LogP contribution is -1.94. The lowest BCUT2D eigenvalue weighted by molar-refractivity contribution is 1.19. The molecule has 0 bridgehead atoms. The summed E-state index contributed by atoms with van der Waals surface area (Å²) in [5, 5.41) is 10.6. The molecular weight excluding hydrogens is 575 g/mol. The van der Waals surface area contributed by atoms with Gasteiger partial charge in [-0.3, -0.25) is 0 Å². The molecule has 1 aliphatic rings. The minimum atomic E-state index is 1.18. The van der Waals surface area contributed by atoms with Crippen LogP contribution in [-0.4, -0.2) is 4.57 Å². The van der Waals surface area contributed by atoms with Gasteiger partial charge in [-0.25, -0.2) is 0 Å². The van der Waals surface area contributed by atoms with Crippen LogP contribution < -0.4 is 0 Å². The van der Waals surface area contributed by atoms with Crippen molar-refractivity contribution in [2.45, 2.75) is 0 Å². The smallest absolute Gasteiger partial charge is 0.0640 e. The molecule has 1 aliphatic carbocycles. The molecule has 0 radical (unpaired) electrons. The maximum atomic E-state index is 2.51. The summed E-state index contributed by atoms with van der Waals surface area (Å²) in [4.78, 5) is 0. The number of benzene rings is 8. The Hall–Kier alpha value is -5.70. The third-order valence-corrected chi connectivity index (χ3v) is 11.3. The summed E-state index contributed by atoms with van der Waals surface area (Å²) in [5.74, 6) is 0. The second kappa shape index (κ2) is 8.94. The first-order valence-electron chi connectivity index (χ1n) is 15.9. The molecule has 0 saturated carbocycles. The van der Waals surface area contributed by atoms with Gasteiger partial charge in [0.1, 0.15) is 0 Å². The molecule has 8 aromatic carbocycles. The number of fused-ring (bicyclic) bond motifs is 13. The molecule has 0 fully saturated rings. The van der Waals surface area contributed by atoms with Crippen molar-refractivity contribution >= 4 is 74.9 Å². The van der Waals surface area contributed by atoms with Gasteiger partial charge in [0.25, 0.3) is 0 Å². The zero-order chi connectivity index (χ0) is 29.9. The lowest BCUT2D eigenvalue weighted by atomic mass is 9.94. The number of hydrogen-bond acceptors (Lipinski definition) is 1. The zero-order valence-electron chi connectivity index (χ0n) is 24.8. The Morgan fingerprint density at radius 2 is 0.978 bits per heavy atom. The maximum absolute atomic E-state index is 2.51. The van der Waals surface area contributed by atoms with E-state index in [1.807, 2.05) is 11.3 Å². The Morgan fingerprint density at radius 3 is 1.80 bits per heavy atom. The summed E-state index contributed by atoms with van der Waals surface area (Å²) in [7, 11) is 0. The van der Waals surface area contributed by atoms with Crippen LogP contribution >= 0.6 is 11.3 Å². The highest BCUT2D eigenvalue weighted by atomic mass is 32.1. The van der Waals surface area contributed by atoms with Gasteiger partial charge < -0.3 is 4.57 Å². The molecule has 2 heterocycles. The average molecular weight is 600 g/mol. The molecule has 2 aromatic heterocycles. The molecule has 10 aromatic rings. The van der Waals surface area contributed by atoms with Crippen LogP contribution in [0.4, 0.5) is 0 Å². The minimum absolute atomic E-state index is 1.18. The van der Waals surface area contributed by atoms with Crippen LogP contribution in [0.15, 0.2) is 152 Å². The van der Waals surface area contributed by atoms with E-state index in [1.54, 1.807) is 0 Å². The van der Waals surface area contributed by atoms with Gasteiger partial charge in [0.05, 0.1) is 11.0 Å². The van der Waals surface area contributed by atoms with Crippen molar-refractivity contribution in [1.82, 2.24) is 4.57 Å². The Morgan fingerprint density at radius 1 is 0.370 bits per heavy atom. The molecule has 212 valence electrons. The van der Waals surface area contributed by atoms with Gasteiger partial charge >= 0.3 is 0 Å². The second-order valence-electron chi connectivity index (χ2n) is 12.4. The molecule has 46 heavy (non-hydrogen) atoms. The highest BCUT2D eigenvalue weighted by Gasteiger charge is 2.23. The summed E-state index contributed by atoms with van der Waals surface area (Å²) in [6, 6.07) is 56.2. The van der Waals surface area contributed by atoms with Crippen molar-refractivity contribution in [1.29, 1.82) is 0 Å². The van der Waals surface area contributed by atoms with Crippen molar-refractivity contribution in [2.75, 3.05) is 0 Å². The molecule has 0 unspecified atom stereocenters. The summed E-state index contributed by atoms with van der Waals surface area (Å²) in [6.45, 7) is 0. The molecule has 11 rings (SSSR count). The number of aromatic nitrogens is 1. The second-order valence-corrected chi connectivity index (χ2v) is 13.5. The maximum Gasteiger partial charge on any atom is 0.0640 e. The molecule has 1 nitrogen and oxygen atoms in total. The first-order valence-corrected chi connectivity index (χ1v) is 16.7. The summed E-state index contributed by atoms with van der Waals surface area (Å²) < 4.78 is 5.20. The van der Waals surface area contributed by atoms with E-state index in [2.05, 4.69) is 156 Å². The van der Waals surface area contributed by atoms with Crippen LogP contribution in [0.1, 0.15) is 0 Å². The molecule has 0 atom stereocenters. The molecule has 2 heteroatoms. The van der Waals surface area contributed by atoms with E-state index in [9.17, 15) is 0 Å². The lowest BCUT2D eigenvalue weighted by Gasteiger charge is -2.13. The monoisotopic (exact) mass is 599 g/mol. The molecule has 0 N–H and O–H groups in total. The summed E-state index contributed by atoms with van der Waals surface area (Å²) in [6.07, 6.45) is 0. The van der Waals surface area contributed by atoms with Crippen molar-refractivity contribution in [3.63, 3.8) is 0 Å². The van der Waals surface area contributed by atoms with Crippen molar-refractivity contribution in [3.05, 3.63) is 152 Å².